The number of ether oxygens (including phenoxy) is 1. The van der Waals surface area contributed by atoms with Gasteiger partial charge in [0.15, 0.2) is 15.0 Å². The zero-order chi connectivity index (χ0) is 17.5. The lowest BCUT2D eigenvalue weighted by Crippen LogP contribution is -2.37. The van der Waals surface area contributed by atoms with Gasteiger partial charge in [-0.3, -0.25) is 4.79 Å². The van der Waals surface area contributed by atoms with Crippen LogP contribution >= 0.6 is 11.8 Å². The summed E-state index contributed by atoms with van der Waals surface area (Å²) in [4.78, 5) is 18.2. The second kappa shape index (κ2) is 6.40. The number of hydrogen-bond acceptors (Lipinski definition) is 5. The summed E-state index contributed by atoms with van der Waals surface area (Å²) in [5.41, 5.74) is 0.793. The first-order chi connectivity index (χ1) is 11.3. The number of benzene rings is 1. The SMILES string of the molecule is COc1cccc(N2C(=NC(=O)C(C)C)S[C@H]3CS(=O)(=O)C[C@@H]32)c1. The summed E-state index contributed by atoms with van der Waals surface area (Å²) >= 11 is 1.38. The number of methoxy groups -OCH3 is 1. The molecular weight excluding hydrogens is 348 g/mol. The monoisotopic (exact) mass is 368 g/mol. The van der Waals surface area contributed by atoms with E-state index in [-0.39, 0.29) is 34.6 Å². The molecule has 130 valence electrons. The van der Waals surface area contributed by atoms with E-state index in [4.69, 9.17) is 4.74 Å². The highest BCUT2D eigenvalue weighted by atomic mass is 32.2. The van der Waals surface area contributed by atoms with Crippen LogP contribution in [0.3, 0.4) is 0 Å². The Morgan fingerprint density at radius 1 is 1.38 bits per heavy atom. The molecule has 0 N–H and O–H groups in total. The lowest BCUT2D eigenvalue weighted by Gasteiger charge is -2.25. The number of thioether (sulfide) groups is 1. The molecule has 2 atom stereocenters. The molecule has 1 aromatic carbocycles. The number of sulfone groups is 1. The Morgan fingerprint density at radius 3 is 2.79 bits per heavy atom. The number of amides is 1. The van der Waals surface area contributed by atoms with Gasteiger partial charge in [-0.25, -0.2) is 8.42 Å². The van der Waals surface area contributed by atoms with Crippen LogP contribution in [0.5, 0.6) is 5.75 Å². The first kappa shape index (κ1) is 17.3. The summed E-state index contributed by atoms with van der Waals surface area (Å²) < 4.78 is 29.3. The van der Waals surface area contributed by atoms with Crippen LogP contribution < -0.4 is 9.64 Å². The molecule has 1 amide bonds. The van der Waals surface area contributed by atoms with Crippen LogP contribution in [0.2, 0.25) is 0 Å². The molecule has 0 bridgehead atoms. The van der Waals surface area contributed by atoms with Crippen molar-refractivity contribution in [3.63, 3.8) is 0 Å². The van der Waals surface area contributed by atoms with Gasteiger partial charge in [0.25, 0.3) is 5.91 Å². The molecule has 2 saturated heterocycles. The molecule has 24 heavy (non-hydrogen) atoms. The number of nitrogens with zero attached hydrogens (tertiary/aromatic N) is 2. The molecule has 6 nitrogen and oxygen atoms in total. The number of hydrogen-bond donors (Lipinski definition) is 0. The predicted octanol–water partition coefficient (Wildman–Crippen LogP) is 1.95. The minimum Gasteiger partial charge on any atom is -0.497 e. The molecule has 0 unspecified atom stereocenters. The lowest BCUT2D eigenvalue weighted by atomic mass is 10.2. The van der Waals surface area contributed by atoms with E-state index in [1.54, 1.807) is 21.0 Å². The van der Waals surface area contributed by atoms with Gasteiger partial charge in [-0.1, -0.05) is 31.7 Å². The van der Waals surface area contributed by atoms with Crippen molar-refractivity contribution in [3.05, 3.63) is 24.3 Å². The van der Waals surface area contributed by atoms with E-state index in [2.05, 4.69) is 4.99 Å². The van der Waals surface area contributed by atoms with Crippen molar-refractivity contribution in [2.24, 2.45) is 10.9 Å². The smallest absolute Gasteiger partial charge is 0.250 e. The minimum absolute atomic E-state index is 0.0801. The number of amidine groups is 1. The van der Waals surface area contributed by atoms with Crippen molar-refractivity contribution < 1.29 is 17.9 Å². The number of carbonyl (C=O) groups excluding carboxylic acids is 1. The molecule has 8 heteroatoms. The topological polar surface area (TPSA) is 76.0 Å². The van der Waals surface area contributed by atoms with Gasteiger partial charge >= 0.3 is 0 Å². The van der Waals surface area contributed by atoms with E-state index in [0.717, 1.165) is 5.69 Å². The Morgan fingerprint density at radius 2 is 2.12 bits per heavy atom. The van der Waals surface area contributed by atoms with Gasteiger partial charge in [0, 0.05) is 22.9 Å². The molecule has 2 aliphatic rings. The van der Waals surface area contributed by atoms with Crippen LogP contribution in [-0.4, -0.2) is 49.4 Å². The van der Waals surface area contributed by atoms with Crippen LogP contribution in [0.1, 0.15) is 13.8 Å². The molecular formula is C16H20N2O4S2. The highest BCUT2D eigenvalue weighted by Crippen LogP contribution is 2.41. The summed E-state index contributed by atoms with van der Waals surface area (Å²) in [5.74, 6) is 0.480. The zero-order valence-corrected chi connectivity index (χ0v) is 15.4. The Labute approximate surface area is 146 Å². The van der Waals surface area contributed by atoms with Crippen LogP contribution in [0, 0.1) is 5.92 Å². The van der Waals surface area contributed by atoms with E-state index in [0.29, 0.717) is 10.9 Å². The summed E-state index contributed by atoms with van der Waals surface area (Å²) in [6, 6.07) is 7.18. The van der Waals surface area contributed by atoms with Crippen LogP contribution in [-0.2, 0) is 14.6 Å². The molecule has 2 heterocycles. The molecule has 2 aliphatic heterocycles. The van der Waals surface area contributed by atoms with Crippen molar-refractivity contribution in [3.8, 4) is 5.75 Å². The molecule has 0 spiro atoms. The molecule has 2 fully saturated rings. The molecule has 0 saturated carbocycles. The fourth-order valence-electron chi connectivity index (χ4n) is 2.85. The van der Waals surface area contributed by atoms with Gasteiger partial charge in [0.05, 0.1) is 24.7 Å². The van der Waals surface area contributed by atoms with E-state index in [1.807, 2.05) is 29.2 Å². The minimum atomic E-state index is -3.06. The second-order valence-corrected chi connectivity index (χ2v) is 9.62. The van der Waals surface area contributed by atoms with Gasteiger partial charge < -0.3 is 9.64 Å². The molecule has 0 aromatic heterocycles. The van der Waals surface area contributed by atoms with Crippen molar-refractivity contribution >= 4 is 38.4 Å². The van der Waals surface area contributed by atoms with Gasteiger partial charge in [0.2, 0.25) is 0 Å². The third kappa shape index (κ3) is 3.30. The van der Waals surface area contributed by atoms with Gasteiger partial charge in [-0.05, 0) is 12.1 Å². The Bertz CT molecular complexity index is 789. The fourth-order valence-corrected chi connectivity index (χ4v) is 6.77. The number of fused-ring (bicyclic) bond motifs is 1. The third-order valence-electron chi connectivity index (χ3n) is 4.10. The quantitative estimate of drug-likeness (QED) is 0.812. The number of carbonyl (C=O) groups is 1. The number of aliphatic imine (C=N–C) groups is 1. The molecule has 0 aliphatic carbocycles. The van der Waals surface area contributed by atoms with Crippen LogP contribution in [0.15, 0.2) is 29.3 Å². The fraction of sp³-hybridized carbons (Fsp3) is 0.500. The van der Waals surface area contributed by atoms with Gasteiger partial charge in [-0.15, -0.1) is 0 Å². The number of rotatable bonds is 3. The normalized spacial score (nSPS) is 26.8. The van der Waals surface area contributed by atoms with E-state index in [9.17, 15) is 13.2 Å². The van der Waals surface area contributed by atoms with E-state index >= 15 is 0 Å². The molecule has 1 aromatic rings. The van der Waals surface area contributed by atoms with E-state index in [1.165, 1.54) is 11.8 Å². The zero-order valence-electron chi connectivity index (χ0n) is 13.8. The lowest BCUT2D eigenvalue weighted by molar-refractivity contribution is -0.120. The van der Waals surface area contributed by atoms with Crippen molar-refractivity contribution in [2.45, 2.75) is 25.1 Å². The van der Waals surface area contributed by atoms with Gasteiger partial charge in [0.1, 0.15) is 5.75 Å². The third-order valence-corrected chi connectivity index (χ3v) is 7.31. The van der Waals surface area contributed by atoms with Crippen LogP contribution in [0.4, 0.5) is 5.69 Å². The largest absolute Gasteiger partial charge is 0.497 e. The maximum absolute atomic E-state index is 12.1. The van der Waals surface area contributed by atoms with E-state index < -0.39 is 9.84 Å². The van der Waals surface area contributed by atoms with Crippen molar-refractivity contribution in [2.75, 3.05) is 23.5 Å². The van der Waals surface area contributed by atoms with Gasteiger partial charge in [-0.2, -0.15) is 4.99 Å². The second-order valence-electron chi connectivity index (χ2n) is 6.26. The highest BCUT2D eigenvalue weighted by molar-refractivity contribution is 8.16. The maximum atomic E-state index is 12.1. The Kier molecular flexibility index (Phi) is 4.61. The summed E-state index contributed by atoms with van der Waals surface area (Å²) in [6.45, 7) is 3.60. The first-order valence-corrected chi connectivity index (χ1v) is 10.4. The Balaban J connectivity index is 2.02. The van der Waals surface area contributed by atoms with Crippen LogP contribution in [0.25, 0.3) is 0 Å². The first-order valence-electron chi connectivity index (χ1n) is 7.73. The summed E-state index contributed by atoms with van der Waals surface area (Å²) in [6.07, 6.45) is 0. The Hall–Kier alpha value is -1.54. The standard InChI is InChI=1S/C16H20N2O4S2/c1-10(2)15(19)17-16-18(11-5-4-6-12(7-11)22-3)13-8-24(20,21)9-14(13)23-16/h4-7,10,13-14H,8-9H2,1-3H3/t13-,14-/m0/s1. The number of anilines is 1. The van der Waals surface area contributed by atoms with Crippen molar-refractivity contribution in [1.29, 1.82) is 0 Å². The summed E-state index contributed by atoms with van der Waals surface area (Å²) in [7, 11) is -1.48. The summed E-state index contributed by atoms with van der Waals surface area (Å²) in [5, 5.41) is 0.478. The average molecular weight is 368 g/mol. The highest BCUT2D eigenvalue weighted by Gasteiger charge is 2.49. The maximum Gasteiger partial charge on any atom is 0.250 e. The van der Waals surface area contributed by atoms with Crippen molar-refractivity contribution in [1.82, 2.24) is 0 Å². The molecule has 0 radical (unpaired) electrons. The molecule has 3 rings (SSSR count). The predicted molar refractivity (Wildman–Crippen MR) is 96.6 cm³/mol. The average Bonchev–Trinajstić information content (AvgIpc) is 2.98.